The van der Waals surface area contributed by atoms with Gasteiger partial charge in [-0.05, 0) is 24.1 Å². The lowest BCUT2D eigenvalue weighted by atomic mass is 10.2. The van der Waals surface area contributed by atoms with Gasteiger partial charge in [0.1, 0.15) is 5.82 Å². The third kappa shape index (κ3) is 8.57. The summed E-state index contributed by atoms with van der Waals surface area (Å²) in [5.41, 5.74) is 1.74. The van der Waals surface area contributed by atoms with Gasteiger partial charge in [0, 0.05) is 19.4 Å². The molecule has 0 saturated carbocycles. The average molecular weight is 505 g/mol. The van der Waals surface area contributed by atoms with E-state index in [9.17, 15) is 35.9 Å². The van der Waals surface area contributed by atoms with Gasteiger partial charge in [-0.3, -0.25) is 9.59 Å². The SMILES string of the molecule is O=C(CCC(F)(F)F)NCc1ccc2nc(CNC(=O)c3cnn(CCCC(F)(F)F)n3)[nH]c2c1. The number of halogens is 6. The zero-order chi connectivity index (χ0) is 25.6. The van der Waals surface area contributed by atoms with Gasteiger partial charge in [-0.1, -0.05) is 6.07 Å². The van der Waals surface area contributed by atoms with Crippen molar-refractivity contribution in [2.45, 2.75) is 57.7 Å². The zero-order valence-electron chi connectivity index (χ0n) is 18.1. The second-order valence-electron chi connectivity index (χ2n) is 7.65. The summed E-state index contributed by atoms with van der Waals surface area (Å²) in [5.74, 6) is -0.903. The molecule has 190 valence electrons. The number of fused-ring (bicyclic) bond motifs is 1. The maximum Gasteiger partial charge on any atom is 0.389 e. The maximum absolute atomic E-state index is 12.2. The molecule has 0 aliphatic carbocycles. The quantitative estimate of drug-likeness (QED) is 0.365. The van der Waals surface area contributed by atoms with Crippen molar-refractivity contribution in [1.82, 2.24) is 35.6 Å². The molecule has 3 rings (SSSR count). The van der Waals surface area contributed by atoms with Crippen LogP contribution in [0.2, 0.25) is 0 Å². The van der Waals surface area contributed by atoms with Gasteiger partial charge < -0.3 is 15.6 Å². The molecule has 9 nitrogen and oxygen atoms in total. The van der Waals surface area contributed by atoms with Gasteiger partial charge in [-0.2, -0.15) is 36.2 Å². The largest absolute Gasteiger partial charge is 0.389 e. The van der Waals surface area contributed by atoms with Crippen molar-refractivity contribution in [3.8, 4) is 0 Å². The number of H-pyrrole nitrogens is 1. The number of nitrogens with zero attached hydrogens (tertiary/aromatic N) is 4. The fourth-order valence-corrected chi connectivity index (χ4v) is 3.03. The number of hydrogen-bond donors (Lipinski definition) is 3. The summed E-state index contributed by atoms with van der Waals surface area (Å²) in [4.78, 5) is 32.1. The first-order chi connectivity index (χ1) is 16.4. The van der Waals surface area contributed by atoms with Crippen LogP contribution >= 0.6 is 0 Å². The van der Waals surface area contributed by atoms with Crippen LogP contribution < -0.4 is 10.6 Å². The molecule has 0 unspecified atom stereocenters. The van der Waals surface area contributed by atoms with Gasteiger partial charge in [0.25, 0.3) is 5.91 Å². The van der Waals surface area contributed by atoms with Crippen LogP contribution in [-0.4, -0.2) is 49.1 Å². The van der Waals surface area contributed by atoms with E-state index in [4.69, 9.17) is 0 Å². The normalized spacial score (nSPS) is 12.2. The highest BCUT2D eigenvalue weighted by Crippen LogP contribution is 2.22. The van der Waals surface area contributed by atoms with Crippen LogP contribution in [0.1, 0.15) is 47.6 Å². The molecule has 2 aromatic heterocycles. The molecule has 1 aromatic carbocycles. The van der Waals surface area contributed by atoms with Crippen molar-refractivity contribution in [3.63, 3.8) is 0 Å². The second-order valence-corrected chi connectivity index (χ2v) is 7.65. The Bertz CT molecular complexity index is 1170. The summed E-state index contributed by atoms with van der Waals surface area (Å²) >= 11 is 0. The first kappa shape index (κ1) is 26.0. The molecule has 0 radical (unpaired) electrons. The van der Waals surface area contributed by atoms with Crippen LogP contribution in [0, 0.1) is 0 Å². The minimum atomic E-state index is -4.40. The van der Waals surface area contributed by atoms with Crippen LogP contribution in [0.5, 0.6) is 0 Å². The molecular formula is C20H21F6N7O2. The number of benzene rings is 1. The molecule has 15 heteroatoms. The number of aromatic amines is 1. The molecule has 3 N–H and O–H groups in total. The summed E-state index contributed by atoms with van der Waals surface area (Å²) in [7, 11) is 0. The number of amides is 2. The summed E-state index contributed by atoms with van der Waals surface area (Å²) in [6.45, 7) is -0.0458. The average Bonchev–Trinajstić information content (AvgIpc) is 3.39. The van der Waals surface area contributed by atoms with Gasteiger partial charge in [0.05, 0.1) is 36.7 Å². The topological polar surface area (TPSA) is 118 Å². The molecule has 0 atom stereocenters. The second kappa shape index (κ2) is 10.7. The van der Waals surface area contributed by atoms with Crippen LogP contribution in [0.3, 0.4) is 0 Å². The van der Waals surface area contributed by atoms with Crippen LogP contribution in [0.25, 0.3) is 11.0 Å². The Labute approximate surface area is 194 Å². The minimum absolute atomic E-state index is 0.00203. The lowest BCUT2D eigenvalue weighted by Crippen LogP contribution is -2.24. The Morgan fingerprint density at radius 2 is 1.74 bits per heavy atom. The maximum atomic E-state index is 12.2. The first-order valence-corrected chi connectivity index (χ1v) is 10.4. The van der Waals surface area contributed by atoms with E-state index in [1.807, 2.05) is 0 Å². The van der Waals surface area contributed by atoms with Gasteiger partial charge in [-0.25, -0.2) is 4.98 Å². The molecular weight excluding hydrogens is 484 g/mol. The number of aryl methyl sites for hydroxylation is 1. The Morgan fingerprint density at radius 3 is 2.46 bits per heavy atom. The number of aromatic nitrogens is 5. The van der Waals surface area contributed by atoms with Crippen molar-refractivity contribution in [2.24, 2.45) is 0 Å². The highest BCUT2D eigenvalue weighted by molar-refractivity contribution is 5.91. The van der Waals surface area contributed by atoms with Crippen LogP contribution in [-0.2, 0) is 24.4 Å². The molecule has 35 heavy (non-hydrogen) atoms. The number of hydrogen-bond acceptors (Lipinski definition) is 5. The third-order valence-electron chi connectivity index (χ3n) is 4.72. The summed E-state index contributed by atoms with van der Waals surface area (Å²) in [6.07, 6.45) is -10.6. The van der Waals surface area contributed by atoms with Crippen molar-refractivity contribution in [2.75, 3.05) is 0 Å². The first-order valence-electron chi connectivity index (χ1n) is 10.4. The predicted octanol–water partition coefficient (Wildman–Crippen LogP) is 3.39. The van der Waals surface area contributed by atoms with E-state index >= 15 is 0 Å². The minimum Gasteiger partial charge on any atom is -0.352 e. The molecule has 2 heterocycles. The lowest BCUT2D eigenvalue weighted by molar-refractivity contribution is -0.144. The Balaban J connectivity index is 1.49. The summed E-state index contributed by atoms with van der Waals surface area (Å²) in [5, 5.41) is 12.6. The number of alkyl halides is 6. The molecule has 0 saturated heterocycles. The Morgan fingerprint density at radius 1 is 1.00 bits per heavy atom. The predicted molar refractivity (Wildman–Crippen MR) is 110 cm³/mol. The van der Waals surface area contributed by atoms with Gasteiger partial charge in [0.2, 0.25) is 5.91 Å². The molecule has 2 amide bonds. The number of carbonyl (C=O) groups excluding carboxylic acids is 2. The van der Waals surface area contributed by atoms with Gasteiger partial charge in [-0.15, -0.1) is 5.10 Å². The van der Waals surface area contributed by atoms with Crippen molar-refractivity contribution < 1.29 is 35.9 Å². The van der Waals surface area contributed by atoms with Gasteiger partial charge >= 0.3 is 12.4 Å². The van der Waals surface area contributed by atoms with Crippen LogP contribution in [0.15, 0.2) is 24.4 Å². The summed E-state index contributed by atoms with van der Waals surface area (Å²) < 4.78 is 73.2. The van der Waals surface area contributed by atoms with E-state index < -0.39 is 43.4 Å². The van der Waals surface area contributed by atoms with E-state index in [-0.39, 0.29) is 31.7 Å². The van der Waals surface area contributed by atoms with Gasteiger partial charge in [0.15, 0.2) is 5.69 Å². The monoisotopic (exact) mass is 505 g/mol. The number of imidazole rings is 1. The fourth-order valence-electron chi connectivity index (χ4n) is 3.03. The van der Waals surface area contributed by atoms with E-state index in [2.05, 4.69) is 30.8 Å². The van der Waals surface area contributed by atoms with Crippen molar-refractivity contribution in [1.29, 1.82) is 0 Å². The standard InChI is InChI=1S/C20H21F6N7O2/c21-19(22,23)5-1-7-33-29-10-15(32-33)18(35)28-11-16-30-13-3-2-12(8-14(13)31-16)9-27-17(34)4-6-20(24,25)26/h2-3,8,10H,1,4-7,9,11H2,(H,27,34)(H,28,35)(H,30,31). The van der Waals surface area contributed by atoms with Crippen molar-refractivity contribution >= 4 is 22.8 Å². The highest BCUT2D eigenvalue weighted by atomic mass is 19.4. The Kier molecular flexibility index (Phi) is 7.96. The number of rotatable bonds is 10. The number of carbonyl (C=O) groups is 2. The van der Waals surface area contributed by atoms with E-state index in [1.54, 1.807) is 18.2 Å². The molecule has 0 aliphatic heterocycles. The van der Waals surface area contributed by atoms with Crippen molar-refractivity contribution in [3.05, 3.63) is 41.5 Å². The van der Waals surface area contributed by atoms with Crippen LogP contribution in [0.4, 0.5) is 26.3 Å². The number of nitrogens with one attached hydrogen (secondary N) is 3. The summed E-state index contributed by atoms with van der Waals surface area (Å²) in [6, 6.07) is 4.98. The van der Waals surface area contributed by atoms with E-state index in [0.717, 1.165) is 11.0 Å². The van der Waals surface area contributed by atoms with E-state index in [0.29, 0.717) is 22.4 Å². The lowest BCUT2D eigenvalue weighted by Gasteiger charge is -2.07. The van der Waals surface area contributed by atoms with E-state index in [1.165, 1.54) is 0 Å². The Hall–Kier alpha value is -3.65. The fraction of sp³-hybridized carbons (Fsp3) is 0.450. The highest BCUT2D eigenvalue weighted by Gasteiger charge is 2.28. The third-order valence-corrected chi connectivity index (χ3v) is 4.72. The zero-order valence-corrected chi connectivity index (χ0v) is 18.1. The molecule has 0 bridgehead atoms. The smallest absolute Gasteiger partial charge is 0.352 e. The molecule has 0 aliphatic rings. The molecule has 0 fully saturated rings. The molecule has 0 spiro atoms. The molecule has 3 aromatic rings.